The third kappa shape index (κ3) is 1.02. The molecule has 0 radical (unpaired) electrons. The molecule has 62 valence electrons. The fraction of sp³-hybridized carbons (Fsp3) is 0.300. The normalized spacial score (nSPS) is 14.4. The Balaban J connectivity index is 2.70. The van der Waals surface area contributed by atoms with Crippen LogP contribution in [0.1, 0.15) is 23.7 Å². The highest BCUT2D eigenvalue weighted by atomic mass is 79.9. The maximum Gasteiger partial charge on any atom is 0.0527 e. The van der Waals surface area contributed by atoms with Gasteiger partial charge in [-0.1, -0.05) is 6.08 Å². The molecule has 1 nitrogen and oxygen atoms in total. The smallest absolute Gasteiger partial charge is 0.0527 e. The number of halogens is 1. The fourth-order valence-corrected chi connectivity index (χ4v) is 2.17. The number of aryl methyl sites for hydroxylation is 1. The van der Waals surface area contributed by atoms with Crippen LogP contribution in [0.3, 0.4) is 0 Å². The number of aromatic nitrogens is 1. The second-order valence-corrected chi connectivity index (χ2v) is 3.96. The van der Waals surface area contributed by atoms with Gasteiger partial charge in [-0.15, -0.1) is 0 Å². The first-order chi connectivity index (χ1) is 5.70. The van der Waals surface area contributed by atoms with Crippen LogP contribution in [0, 0.1) is 6.92 Å². The molecule has 0 saturated heterocycles. The van der Waals surface area contributed by atoms with E-state index in [1.165, 1.54) is 26.9 Å². The van der Waals surface area contributed by atoms with Gasteiger partial charge in [0.2, 0.25) is 0 Å². The predicted octanol–water partition coefficient (Wildman–Crippen LogP) is 3.11. The van der Waals surface area contributed by atoms with Gasteiger partial charge in [0, 0.05) is 22.7 Å². The molecule has 0 fully saturated rings. The SMILES string of the molecule is CC1=CCc2ncc(C)c(Br)c21. The van der Waals surface area contributed by atoms with Crippen LogP contribution in [0.25, 0.3) is 5.57 Å². The van der Waals surface area contributed by atoms with Crippen LogP contribution in [0.4, 0.5) is 0 Å². The second kappa shape index (κ2) is 2.70. The highest BCUT2D eigenvalue weighted by molar-refractivity contribution is 9.10. The summed E-state index contributed by atoms with van der Waals surface area (Å²) in [6.07, 6.45) is 5.14. The van der Waals surface area contributed by atoms with Crippen LogP contribution in [-0.4, -0.2) is 4.98 Å². The summed E-state index contributed by atoms with van der Waals surface area (Å²) in [6, 6.07) is 0. The molecule has 0 aliphatic heterocycles. The molecule has 0 amide bonds. The van der Waals surface area contributed by atoms with Crippen molar-refractivity contribution in [2.75, 3.05) is 0 Å². The van der Waals surface area contributed by atoms with Gasteiger partial charge in [-0.05, 0) is 40.9 Å². The van der Waals surface area contributed by atoms with Crippen LogP contribution in [-0.2, 0) is 6.42 Å². The number of hydrogen-bond donors (Lipinski definition) is 0. The molecule has 1 aromatic heterocycles. The molecule has 12 heavy (non-hydrogen) atoms. The first-order valence-electron chi connectivity index (χ1n) is 4.01. The molecule has 0 atom stereocenters. The molecular formula is C10H10BrN. The quantitative estimate of drug-likeness (QED) is 0.659. The van der Waals surface area contributed by atoms with Gasteiger partial charge in [0.15, 0.2) is 0 Å². The Morgan fingerprint density at radius 1 is 1.42 bits per heavy atom. The number of fused-ring (bicyclic) bond motifs is 1. The van der Waals surface area contributed by atoms with Gasteiger partial charge >= 0.3 is 0 Å². The molecule has 1 aliphatic carbocycles. The highest BCUT2D eigenvalue weighted by Crippen LogP contribution is 2.33. The van der Waals surface area contributed by atoms with E-state index in [1.807, 2.05) is 6.20 Å². The van der Waals surface area contributed by atoms with Crippen LogP contribution < -0.4 is 0 Å². The Labute approximate surface area is 80.6 Å². The van der Waals surface area contributed by atoms with E-state index >= 15 is 0 Å². The summed E-state index contributed by atoms with van der Waals surface area (Å²) >= 11 is 3.59. The molecule has 0 unspecified atom stereocenters. The van der Waals surface area contributed by atoms with Gasteiger partial charge in [-0.25, -0.2) is 0 Å². The molecular weight excluding hydrogens is 214 g/mol. The molecule has 2 heteroatoms. The van der Waals surface area contributed by atoms with Crippen molar-refractivity contribution >= 4 is 21.5 Å². The summed E-state index contributed by atoms with van der Waals surface area (Å²) in [5.41, 5.74) is 5.05. The summed E-state index contributed by atoms with van der Waals surface area (Å²) in [5, 5.41) is 0. The van der Waals surface area contributed by atoms with Gasteiger partial charge < -0.3 is 0 Å². The minimum atomic E-state index is 0.986. The lowest BCUT2D eigenvalue weighted by Gasteiger charge is -2.05. The van der Waals surface area contributed by atoms with E-state index in [0.29, 0.717) is 0 Å². The molecule has 0 N–H and O–H groups in total. The van der Waals surface area contributed by atoms with Crippen LogP contribution >= 0.6 is 15.9 Å². The van der Waals surface area contributed by atoms with Crippen molar-refractivity contribution in [1.29, 1.82) is 0 Å². The Hall–Kier alpha value is -0.630. The summed E-state index contributed by atoms with van der Waals surface area (Å²) in [5.74, 6) is 0. The maximum atomic E-state index is 4.39. The van der Waals surface area contributed by atoms with Crippen molar-refractivity contribution in [1.82, 2.24) is 4.98 Å². The number of nitrogens with zero attached hydrogens (tertiary/aromatic N) is 1. The van der Waals surface area contributed by atoms with Crippen LogP contribution in [0.15, 0.2) is 16.7 Å². The number of pyridine rings is 1. The third-order valence-corrected chi connectivity index (χ3v) is 3.29. The van der Waals surface area contributed by atoms with Crippen molar-refractivity contribution in [2.24, 2.45) is 0 Å². The van der Waals surface area contributed by atoms with E-state index in [2.05, 4.69) is 40.8 Å². The molecule has 1 aliphatic rings. The lowest BCUT2D eigenvalue weighted by atomic mass is 10.1. The fourth-order valence-electron chi connectivity index (χ4n) is 1.53. The number of hydrogen-bond acceptors (Lipinski definition) is 1. The van der Waals surface area contributed by atoms with Gasteiger partial charge in [-0.2, -0.15) is 0 Å². The van der Waals surface area contributed by atoms with E-state index in [1.54, 1.807) is 0 Å². The Kier molecular flexibility index (Phi) is 1.80. The summed E-state index contributed by atoms with van der Waals surface area (Å²) < 4.78 is 1.21. The van der Waals surface area contributed by atoms with E-state index in [9.17, 15) is 0 Å². The monoisotopic (exact) mass is 223 g/mol. The van der Waals surface area contributed by atoms with E-state index in [-0.39, 0.29) is 0 Å². The molecule has 0 saturated carbocycles. The van der Waals surface area contributed by atoms with E-state index in [4.69, 9.17) is 0 Å². The molecule has 0 spiro atoms. The first kappa shape index (κ1) is 7.99. The predicted molar refractivity (Wildman–Crippen MR) is 54.0 cm³/mol. The molecule has 2 rings (SSSR count). The summed E-state index contributed by atoms with van der Waals surface area (Å²) in [6.45, 7) is 4.21. The molecule has 1 heterocycles. The zero-order chi connectivity index (χ0) is 8.72. The van der Waals surface area contributed by atoms with Crippen molar-refractivity contribution in [3.63, 3.8) is 0 Å². The maximum absolute atomic E-state index is 4.39. The van der Waals surface area contributed by atoms with Crippen molar-refractivity contribution in [2.45, 2.75) is 20.3 Å². The molecule has 0 bridgehead atoms. The Morgan fingerprint density at radius 2 is 2.17 bits per heavy atom. The topological polar surface area (TPSA) is 12.9 Å². The van der Waals surface area contributed by atoms with Crippen molar-refractivity contribution < 1.29 is 0 Å². The Bertz CT molecular complexity index is 366. The van der Waals surface area contributed by atoms with E-state index in [0.717, 1.165) is 6.42 Å². The number of allylic oxidation sites excluding steroid dienone is 2. The van der Waals surface area contributed by atoms with Gasteiger partial charge in [-0.3, -0.25) is 4.98 Å². The van der Waals surface area contributed by atoms with Crippen LogP contribution in [0.2, 0.25) is 0 Å². The second-order valence-electron chi connectivity index (χ2n) is 3.17. The van der Waals surface area contributed by atoms with Crippen molar-refractivity contribution in [3.8, 4) is 0 Å². The van der Waals surface area contributed by atoms with Crippen LogP contribution in [0.5, 0.6) is 0 Å². The minimum Gasteiger partial charge on any atom is -0.260 e. The highest BCUT2D eigenvalue weighted by Gasteiger charge is 2.15. The number of rotatable bonds is 0. The summed E-state index contributed by atoms with van der Waals surface area (Å²) in [4.78, 5) is 4.39. The zero-order valence-electron chi connectivity index (χ0n) is 7.19. The average Bonchev–Trinajstić information content (AvgIpc) is 2.41. The van der Waals surface area contributed by atoms with Gasteiger partial charge in [0.05, 0.1) is 5.69 Å². The Morgan fingerprint density at radius 3 is 2.92 bits per heavy atom. The molecule has 1 aromatic rings. The third-order valence-electron chi connectivity index (χ3n) is 2.26. The first-order valence-corrected chi connectivity index (χ1v) is 4.80. The largest absolute Gasteiger partial charge is 0.260 e. The minimum absolute atomic E-state index is 0.986. The molecule has 0 aromatic carbocycles. The van der Waals surface area contributed by atoms with Gasteiger partial charge in [0.1, 0.15) is 0 Å². The summed E-state index contributed by atoms with van der Waals surface area (Å²) in [7, 11) is 0. The average molecular weight is 224 g/mol. The zero-order valence-corrected chi connectivity index (χ0v) is 8.77. The van der Waals surface area contributed by atoms with Gasteiger partial charge in [0.25, 0.3) is 0 Å². The lowest BCUT2D eigenvalue weighted by Crippen LogP contribution is -1.92. The standard InChI is InChI=1S/C10H10BrN/c1-6-3-4-8-9(6)10(11)7(2)5-12-8/h3,5H,4H2,1-2H3. The van der Waals surface area contributed by atoms with E-state index < -0.39 is 0 Å². The lowest BCUT2D eigenvalue weighted by molar-refractivity contribution is 1.10. The van der Waals surface area contributed by atoms with Crippen molar-refractivity contribution in [3.05, 3.63) is 33.6 Å².